The zero-order chi connectivity index (χ0) is 11.5. The van der Waals surface area contributed by atoms with Gasteiger partial charge in [0.25, 0.3) is 0 Å². The van der Waals surface area contributed by atoms with E-state index in [1.54, 1.807) is 6.07 Å². The van der Waals surface area contributed by atoms with E-state index in [1.807, 2.05) is 12.1 Å². The summed E-state index contributed by atoms with van der Waals surface area (Å²) in [5, 5.41) is 0. The molecule has 5 heteroatoms. The number of benzene rings is 1. The Morgan fingerprint density at radius 1 is 1.12 bits per heavy atom. The minimum absolute atomic E-state index is 0.711. The Balaban J connectivity index is 2.02. The summed E-state index contributed by atoms with van der Waals surface area (Å²) in [6, 6.07) is 7.67. The third-order valence-corrected chi connectivity index (χ3v) is 4.36. The van der Waals surface area contributed by atoms with Crippen LogP contribution in [-0.4, -0.2) is 0 Å². The van der Waals surface area contributed by atoms with Crippen LogP contribution in [0.5, 0.6) is 0 Å². The number of thiophene rings is 1. The predicted molar refractivity (Wildman–Crippen MR) is 65.2 cm³/mol. The van der Waals surface area contributed by atoms with Crippen LogP contribution in [0.1, 0.15) is 4.88 Å². The fourth-order valence-electron chi connectivity index (χ4n) is 1.15. The van der Waals surface area contributed by atoms with Gasteiger partial charge in [-0.1, -0.05) is 11.6 Å². The van der Waals surface area contributed by atoms with E-state index < -0.39 is 11.6 Å². The van der Waals surface area contributed by atoms with Gasteiger partial charge < -0.3 is 0 Å². The Labute approximate surface area is 105 Å². The molecule has 0 unspecified atom stereocenters. The Kier molecular flexibility index (Phi) is 3.84. The van der Waals surface area contributed by atoms with Gasteiger partial charge in [-0.25, -0.2) is 8.78 Å². The van der Waals surface area contributed by atoms with E-state index in [0.29, 0.717) is 10.6 Å². The Morgan fingerprint density at radius 2 is 1.94 bits per heavy atom. The van der Waals surface area contributed by atoms with Crippen LogP contribution in [0.3, 0.4) is 0 Å². The van der Waals surface area contributed by atoms with Gasteiger partial charge >= 0.3 is 0 Å². The molecule has 2 aromatic rings. The Morgan fingerprint density at radius 3 is 2.56 bits per heavy atom. The molecule has 0 fully saturated rings. The molecule has 0 saturated heterocycles. The third kappa shape index (κ3) is 2.97. The fourth-order valence-corrected chi connectivity index (χ4v) is 3.20. The van der Waals surface area contributed by atoms with Crippen LogP contribution in [0.2, 0.25) is 4.34 Å². The molecule has 84 valence electrons. The van der Waals surface area contributed by atoms with Gasteiger partial charge in [0.2, 0.25) is 0 Å². The lowest BCUT2D eigenvalue weighted by Gasteiger charge is -2.00. The summed E-state index contributed by atoms with van der Waals surface area (Å²) in [5.41, 5.74) is 0. The molecular weight excluding hydrogens is 270 g/mol. The molecule has 0 aliphatic carbocycles. The van der Waals surface area contributed by atoms with Gasteiger partial charge in [0.15, 0.2) is 11.6 Å². The molecular formula is C11H7ClF2S2. The molecule has 1 aromatic heterocycles. The monoisotopic (exact) mass is 276 g/mol. The maximum atomic E-state index is 12.9. The standard InChI is InChI=1S/C11H7ClF2S2/c12-11-4-2-8(16-11)6-15-7-1-3-9(13)10(14)5-7/h1-5H,6H2. The molecule has 0 N–H and O–H groups in total. The van der Waals surface area contributed by atoms with E-state index in [-0.39, 0.29) is 0 Å². The van der Waals surface area contributed by atoms with Crippen LogP contribution in [0.15, 0.2) is 35.2 Å². The lowest BCUT2D eigenvalue weighted by Crippen LogP contribution is -1.83. The zero-order valence-corrected chi connectivity index (χ0v) is 10.4. The highest BCUT2D eigenvalue weighted by Crippen LogP contribution is 2.29. The summed E-state index contributed by atoms with van der Waals surface area (Å²) in [4.78, 5) is 1.82. The van der Waals surface area contributed by atoms with Crippen molar-refractivity contribution in [2.75, 3.05) is 0 Å². The van der Waals surface area contributed by atoms with Crippen molar-refractivity contribution in [3.05, 3.63) is 51.2 Å². The van der Waals surface area contributed by atoms with Gasteiger partial charge in [0.05, 0.1) is 4.34 Å². The molecule has 2 rings (SSSR count). The summed E-state index contributed by atoms with van der Waals surface area (Å²) >= 11 is 8.73. The van der Waals surface area contributed by atoms with Crippen LogP contribution in [0.4, 0.5) is 8.78 Å². The lowest BCUT2D eigenvalue weighted by molar-refractivity contribution is 0.506. The van der Waals surface area contributed by atoms with Crippen LogP contribution in [-0.2, 0) is 5.75 Å². The Bertz CT molecular complexity index is 496. The normalized spacial score (nSPS) is 10.7. The zero-order valence-electron chi connectivity index (χ0n) is 8.04. The molecule has 0 radical (unpaired) electrons. The van der Waals surface area contributed by atoms with E-state index in [1.165, 1.54) is 29.2 Å². The topological polar surface area (TPSA) is 0 Å². The molecule has 1 aromatic carbocycles. The third-order valence-electron chi connectivity index (χ3n) is 1.90. The molecule has 0 aliphatic rings. The van der Waals surface area contributed by atoms with Crippen molar-refractivity contribution in [1.82, 2.24) is 0 Å². The molecule has 0 aliphatic heterocycles. The predicted octanol–water partition coefficient (Wildman–Crippen LogP) is 4.97. The van der Waals surface area contributed by atoms with Gasteiger partial charge in [-0.2, -0.15) is 0 Å². The molecule has 0 nitrogen and oxygen atoms in total. The number of hydrogen-bond acceptors (Lipinski definition) is 2. The van der Waals surface area contributed by atoms with E-state index in [0.717, 1.165) is 15.3 Å². The molecule has 0 saturated carbocycles. The number of rotatable bonds is 3. The second-order valence-corrected chi connectivity index (χ2v) is 5.92. The van der Waals surface area contributed by atoms with Crippen molar-refractivity contribution in [2.45, 2.75) is 10.6 Å². The van der Waals surface area contributed by atoms with Gasteiger partial charge in [-0.05, 0) is 30.3 Å². The van der Waals surface area contributed by atoms with Crippen LogP contribution >= 0.6 is 34.7 Å². The van der Waals surface area contributed by atoms with E-state index in [2.05, 4.69) is 0 Å². The fraction of sp³-hybridized carbons (Fsp3) is 0.0909. The lowest BCUT2D eigenvalue weighted by atomic mass is 10.3. The largest absolute Gasteiger partial charge is 0.204 e. The quantitative estimate of drug-likeness (QED) is 0.713. The van der Waals surface area contributed by atoms with Gasteiger partial charge in [-0.15, -0.1) is 23.1 Å². The van der Waals surface area contributed by atoms with Crippen LogP contribution in [0, 0.1) is 11.6 Å². The highest BCUT2D eigenvalue weighted by atomic mass is 35.5. The maximum absolute atomic E-state index is 12.9. The van der Waals surface area contributed by atoms with E-state index in [4.69, 9.17) is 11.6 Å². The van der Waals surface area contributed by atoms with Crippen LogP contribution in [0.25, 0.3) is 0 Å². The minimum atomic E-state index is -0.816. The number of hydrogen-bond donors (Lipinski definition) is 0. The van der Waals surface area contributed by atoms with Gasteiger partial charge in [-0.3, -0.25) is 0 Å². The summed E-state index contributed by atoms with van der Waals surface area (Å²) < 4.78 is 26.3. The first-order valence-electron chi connectivity index (χ1n) is 4.47. The molecule has 0 spiro atoms. The van der Waals surface area contributed by atoms with Crippen molar-refractivity contribution in [3.63, 3.8) is 0 Å². The first-order valence-corrected chi connectivity index (χ1v) is 6.65. The van der Waals surface area contributed by atoms with Crippen LogP contribution < -0.4 is 0 Å². The summed E-state index contributed by atoms with van der Waals surface area (Å²) in [7, 11) is 0. The van der Waals surface area contributed by atoms with E-state index >= 15 is 0 Å². The van der Waals surface area contributed by atoms with Crippen molar-refractivity contribution in [1.29, 1.82) is 0 Å². The number of thioether (sulfide) groups is 1. The first-order chi connectivity index (χ1) is 7.65. The summed E-state index contributed by atoms with van der Waals surface area (Å²) in [6.07, 6.45) is 0. The molecule has 16 heavy (non-hydrogen) atoms. The minimum Gasteiger partial charge on any atom is -0.204 e. The molecule has 0 amide bonds. The van der Waals surface area contributed by atoms with E-state index in [9.17, 15) is 8.78 Å². The second-order valence-electron chi connectivity index (χ2n) is 3.07. The summed E-state index contributed by atoms with van der Waals surface area (Å²) in [6.45, 7) is 0. The molecule has 0 bridgehead atoms. The van der Waals surface area contributed by atoms with Gasteiger partial charge in [0, 0.05) is 15.5 Å². The average molecular weight is 277 g/mol. The van der Waals surface area contributed by atoms with Crippen molar-refractivity contribution in [2.24, 2.45) is 0 Å². The highest BCUT2D eigenvalue weighted by Gasteiger charge is 2.04. The maximum Gasteiger partial charge on any atom is 0.159 e. The SMILES string of the molecule is Fc1ccc(SCc2ccc(Cl)s2)cc1F. The Hall–Kier alpha value is -0.580. The smallest absolute Gasteiger partial charge is 0.159 e. The second kappa shape index (κ2) is 5.17. The average Bonchev–Trinajstić information content (AvgIpc) is 2.66. The van der Waals surface area contributed by atoms with Crippen molar-refractivity contribution in [3.8, 4) is 0 Å². The van der Waals surface area contributed by atoms with Gasteiger partial charge in [0.1, 0.15) is 0 Å². The van der Waals surface area contributed by atoms with Crippen molar-refractivity contribution >= 4 is 34.7 Å². The van der Waals surface area contributed by atoms with Crippen molar-refractivity contribution < 1.29 is 8.78 Å². The highest BCUT2D eigenvalue weighted by molar-refractivity contribution is 7.98. The first kappa shape index (κ1) is 11.9. The molecule has 0 atom stereocenters. The molecule has 1 heterocycles. The summed E-state index contributed by atoms with van der Waals surface area (Å²) in [5.74, 6) is -0.916. The number of halogens is 3.